The molecule has 0 aliphatic heterocycles. The zero-order chi connectivity index (χ0) is 19.3. The standard InChI is InChI=1S/C15H17F3N6O2/c1-9(2)20-12(25)7-19-13(26)8-24-22-14(21-23-24)10-4-3-5-11(6-10)15(16,17)18/h3-6,9H,7-8H2,1-2H3,(H,19,26)(H,20,25). The van der Waals surface area contributed by atoms with Crippen molar-refractivity contribution in [2.75, 3.05) is 6.54 Å². The fourth-order valence-corrected chi connectivity index (χ4v) is 2.00. The highest BCUT2D eigenvalue weighted by Crippen LogP contribution is 2.31. The van der Waals surface area contributed by atoms with Crippen LogP contribution < -0.4 is 10.6 Å². The maximum atomic E-state index is 12.7. The van der Waals surface area contributed by atoms with Crippen molar-refractivity contribution in [1.29, 1.82) is 0 Å². The molecule has 0 fully saturated rings. The summed E-state index contributed by atoms with van der Waals surface area (Å²) in [5, 5.41) is 16.2. The van der Waals surface area contributed by atoms with Gasteiger partial charge in [-0.05, 0) is 31.2 Å². The minimum atomic E-state index is -4.48. The molecule has 1 heterocycles. The number of carbonyl (C=O) groups excluding carboxylic acids is 2. The molecule has 0 spiro atoms. The average Bonchev–Trinajstić information content (AvgIpc) is 3.00. The van der Waals surface area contributed by atoms with E-state index in [1.54, 1.807) is 13.8 Å². The number of tetrazole rings is 1. The molecular formula is C15H17F3N6O2. The Kier molecular flexibility index (Phi) is 5.90. The van der Waals surface area contributed by atoms with Gasteiger partial charge in [0.25, 0.3) is 0 Å². The molecule has 11 heteroatoms. The second-order valence-corrected chi connectivity index (χ2v) is 5.72. The molecule has 0 saturated carbocycles. The molecule has 1 aromatic carbocycles. The van der Waals surface area contributed by atoms with E-state index in [2.05, 4.69) is 26.0 Å². The number of aromatic nitrogens is 4. The van der Waals surface area contributed by atoms with E-state index < -0.39 is 17.6 Å². The molecular weight excluding hydrogens is 353 g/mol. The van der Waals surface area contributed by atoms with Gasteiger partial charge in [0, 0.05) is 11.6 Å². The van der Waals surface area contributed by atoms with Gasteiger partial charge in [-0.15, -0.1) is 10.2 Å². The lowest BCUT2D eigenvalue weighted by molar-refractivity contribution is -0.137. The number of rotatable bonds is 6. The molecule has 2 rings (SSSR count). The second-order valence-electron chi connectivity index (χ2n) is 5.72. The molecule has 0 saturated heterocycles. The summed E-state index contributed by atoms with van der Waals surface area (Å²) in [6, 6.07) is 4.43. The zero-order valence-corrected chi connectivity index (χ0v) is 14.0. The summed E-state index contributed by atoms with van der Waals surface area (Å²) in [6.45, 7) is 3.05. The Hall–Kier alpha value is -2.98. The van der Waals surface area contributed by atoms with Crippen LogP contribution in [0, 0.1) is 0 Å². The second kappa shape index (κ2) is 7.93. The minimum absolute atomic E-state index is 0.0403. The molecule has 0 bridgehead atoms. The largest absolute Gasteiger partial charge is 0.416 e. The Morgan fingerprint density at radius 1 is 1.23 bits per heavy atom. The molecule has 0 unspecified atom stereocenters. The van der Waals surface area contributed by atoms with Gasteiger partial charge in [-0.2, -0.15) is 18.0 Å². The third-order valence-corrected chi connectivity index (χ3v) is 3.08. The molecule has 26 heavy (non-hydrogen) atoms. The quantitative estimate of drug-likeness (QED) is 0.790. The van der Waals surface area contributed by atoms with Crippen molar-refractivity contribution >= 4 is 11.8 Å². The highest BCUT2D eigenvalue weighted by atomic mass is 19.4. The molecule has 2 aromatic rings. The molecule has 8 nitrogen and oxygen atoms in total. The fourth-order valence-electron chi connectivity index (χ4n) is 2.00. The van der Waals surface area contributed by atoms with Crippen molar-refractivity contribution in [2.45, 2.75) is 32.6 Å². The van der Waals surface area contributed by atoms with Crippen LogP contribution in [0.5, 0.6) is 0 Å². The van der Waals surface area contributed by atoms with Gasteiger partial charge in [0.1, 0.15) is 6.54 Å². The number of nitrogens with one attached hydrogen (secondary N) is 2. The fraction of sp³-hybridized carbons (Fsp3) is 0.400. The van der Waals surface area contributed by atoms with Crippen LogP contribution >= 0.6 is 0 Å². The van der Waals surface area contributed by atoms with Crippen LogP contribution in [0.15, 0.2) is 24.3 Å². The number of hydrogen-bond acceptors (Lipinski definition) is 5. The Bertz CT molecular complexity index is 788. The van der Waals surface area contributed by atoms with E-state index in [-0.39, 0.29) is 36.4 Å². The molecule has 0 atom stereocenters. The van der Waals surface area contributed by atoms with Crippen molar-refractivity contribution in [1.82, 2.24) is 30.8 Å². The Labute approximate surface area is 146 Å². The van der Waals surface area contributed by atoms with E-state index in [4.69, 9.17) is 0 Å². The first kappa shape index (κ1) is 19.3. The zero-order valence-electron chi connectivity index (χ0n) is 14.0. The van der Waals surface area contributed by atoms with Gasteiger partial charge in [-0.25, -0.2) is 0 Å². The normalized spacial score (nSPS) is 11.5. The Morgan fingerprint density at radius 3 is 2.62 bits per heavy atom. The molecule has 0 radical (unpaired) electrons. The van der Waals surface area contributed by atoms with E-state index in [1.165, 1.54) is 12.1 Å². The molecule has 0 aliphatic rings. The summed E-state index contributed by atoms with van der Waals surface area (Å²) in [5.41, 5.74) is -0.706. The number of hydrogen-bond donors (Lipinski definition) is 2. The molecule has 2 N–H and O–H groups in total. The number of alkyl halides is 3. The molecule has 1 aromatic heterocycles. The summed E-state index contributed by atoms with van der Waals surface area (Å²) >= 11 is 0. The van der Waals surface area contributed by atoms with Crippen LogP contribution in [0.1, 0.15) is 19.4 Å². The predicted octanol–water partition coefficient (Wildman–Crippen LogP) is 1.000. The summed E-state index contributed by atoms with van der Waals surface area (Å²) in [7, 11) is 0. The van der Waals surface area contributed by atoms with Crippen molar-refractivity contribution in [3.63, 3.8) is 0 Å². The van der Waals surface area contributed by atoms with Crippen LogP contribution in [0.2, 0.25) is 0 Å². The van der Waals surface area contributed by atoms with E-state index >= 15 is 0 Å². The Morgan fingerprint density at radius 2 is 1.96 bits per heavy atom. The summed E-state index contributed by atoms with van der Waals surface area (Å²) in [5.74, 6) is -0.914. The highest BCUT2D eigenvalue weighted by Gasteiger charge is 2.30. The number of amides is 2. The first-order chi connectivity index (χ1) is 12.1. The number of halogens is 3. The van der Waals surface area contributed by atoms with Gasteiger partial charge in [-0.1, -0.05) is 12.1 Å². The SMILES string of the molecule is CC(C)NC(=O)CNC(=O)Cn1nnc(-c2cccc(C(F)(F)F)c2)n1. The van der Waals surface area contributed by atoms with E-state index in [1.807, 2.05) is 0 Å². The number of carbonyl (C=O) groups is 2. The first-order valence-corrected chi connectivity index (χ1v) is 7.66. The van der Waals surface area contributed by atoms with E-state index in [9.17, 15) is 22.8 Å². The topological polar surface area (TPSA) is 102 Å². The number of nitrogens with zero attached hydrogens (tertiary/aromatic N) is 4. The van der Waals surface area contributed by atoms with Crippen molar-refractivity contribution in [3.8, 4) is 11.4 Å². The molecule has 0 aliphatic carbocycles. The van der Waals surface area contributed by atoms with Gasteiger partial charge < -0.3 is 10.6 Å². The van der Waals surface area contributed by atoms with Crippen LogP contribution in [0.3, 0.4) is 0 Å². The molecule has 2 amide bonds. The lowest BCUT2D eigenvalue weighted by Crippen LogP contribution is -2.40. The van der Waals surface area contributed by atoms with Crippen molar-refractivity contribution < 1.29 is 22.8 Å². The number of benzene rings is 1. The van der Waals surface area contributed by atoms with E-state index in [0.29, 0.717) is 0 Å². The van der Waals surface area contributed by atoms with Crippen LogP contribution in [-0.2, 0) is 22.3 Å². The monoisotopic (exact) mass is 370 g/mol. The smallest absolute Gasteiger partial charge is 0.352 e. The maximum absolute atomic E-state index is 12.7. The summed E-state index contributed by atoms with van der Waals surface area (Å²) in [6.07, 6.45) is -4.48. The van der Waals surface area contributed by atoms with Crippen LogP contribution in [0.4, 0.5) is 13.2 Å². The average molecular weight is 370 g/mol. The molecule has 140 valence electrons. The predicted molar refractivity (Wildman–Crippen MR) is 84.5 cm³/mol. The van der Waals surface area contributed by atoms with Gasteiger partial charge in [0.2, 0.25) is 17.6 Å². The summed E-state index contributed by atoms with van der Waals surface area (Å²) in [4.78, 5) is 24.1. The maximum Gasteiger partial charge on any atom is 0.416 e. The summed E-state index contributed by atoms with van der Waals surface area (Å²) < 4.78 is 38.2. The third-order valence-electron chi connectivity index (χ3n) is 3.08. The van der Waals surface area contributed by atoms with Gasteiger partial charge in [0.15, 0.2) is 0 Å². The van der Waals surface area contributed by atoms with Crippen molar-refractivity contribution in [2.24, 2.45) is 0 Å². The first-order valence-electron chi connectivity index (χ1n) is 7.66. The van der Waals surface area contributed by atoms with Crippen LogP contribution in [0.25, 0.3) is 11.4 Å². The lowest BCUT2D eigenvalue weighted by atomic mass is 10.1. The Balaban J connectivity index is 1.98. The van der Waals surface area contributed by atoms with E-state index in [0.717, 1.165) is 16.9 Å². The van der Waals surface area contributed by atoms with Gasteiger partial charge in [0.05, 0.1) is 12.1 Å². The van der Waals surface area contributed by atoms with Crippen molar-refractivity contribution in [3.05, 3.63) is 29.8 Å². The third kappa shape index (κ3) is 5.53. The van der Waals surface area contributed by atoms with Gasteiger partial charge >= 0.3 is 6.18 Å². The van der Waals surface area contributed by atoms with Crippen LogP contribution in [-0.4, -0.2) is 44.6 Å². The lowest BCUT2D eigenvalue weighted by Gasteiger charge is -2.08. The minimum Gasteiger partial charge on any atom is -0.352 e. The highest BCUT2D eigenvalue weighted by molar-refractivity contribution is 5.84. The van der Waals surface area contributed by atoms with Gasteiger partial charge in [-0.3, -0.25) is 9.59 Å².